The first-order valence-corrected chi connectivity index (χ1v) is 17.1. The number of hydrogen-bond donors (Lipinski definition) is 2. The molecule has 12 heteroatoms. The maximum atomic E-state index is 14.8. The number of likely N-dealkylation sites (tertiary alicyclic amines) is 1. The molecular formula is C35H37BrClN3O7. The molecule has 3 amide bonds. The second-order valence-electron chi connectivity index (χ2n) is 12.2. The maximum Gasteiger partial charge on any atom is 0.313 e. The van der Waals surface area contributed by atoms with Crippen molar-refractivity contribution in [3.8, 4) is 0 Å². The highest BCUT2D eigenvalue weighted by molar-refractivity contribution is 9.11. The fraction of sp³-hybridized carbons (Fsp3) is 0.429. The molecule has 248 valence electrons. The molecule has 2 saturated heterocycles. The highest BCUT2D eigenvalue weighted by Gasteiger charge is 2.75. The summed E-state index contributed by atoms with van der Waals surface area (Å²) in [6.07, 6.45) is 6.24. The monoisotopic (exact) mass is 725 g/mol. The zero-order valence-electron chi connectivity index (χ0n) is 25.7. The zero-order valence-corrected chi connectivity index (χ0v) is 28.1. The molecule has 0 aromatic heterocycles. The number of amides is 3. The molecule has 4 heterocycles. The smallest absolute Gasteiger partial charge is 0.313 e. The standard InChI is InChI=1S/C35H37BrClN3O7/c36-25-20-35-29-28(30(25)47-35)34(45)46-26(22-10-4-1-5-11-22)21-38-27(42)12-6-2-7-17-39(24-15-13-23(37)14-16-24)33(44)31(35)40(32(29)43)18-8-3-9-19-41/h1-2,4-5,7,10-11,13-16,20,26,28-31,41H,3,6,8-9,12,17-19,21H2,(H,38,42)/b7-2-/t26-,28-,29+,30-,31-,35+/m1/s1. The van der Waals surface area contributed by atoms with Gasteiger partial charge in [-0.1, -0.05) is 70.0 Å². The van der Waals surface area contributed by atoms with Crippen LogP contribution in [0.25, 0.3) is 0 Å². The molecule has 1 spiro atoms. The van der Waals surface area contributed by atoms with Crippen molar-refractivity contribution in [2.75, 3.05) is 31.1 Å². The number of nitrogens with zero attached hydrogens (tertiary/aromatic N) is 2. The number of aliphatic hydroxyl groups excluding tert-OH is 1. The summed E-state index contributed by atoms with van der Waals surface area (Å²) < 4.78 is 13.3. The quantitative estimate of drug-likeness (QED) is 0.245. The van der Waals surface area contributed by atoms with Crippen LogP contribution in [-0.4, -0.2) is 77.7 Å². The van der Waals surface area contributed by atoms with Crippen molar-refractivity contribution >= 4 is 56.9 Å². The molecule has 0 radical (unpaired) electrons. The Morgan fingerprint density at radius 1 is 0.979 bits per heavy atom. The lowest BCUT2D eigenvalue weighted by molar-refractivity contribution is -0.159. The number of cyclic esters (lactones) is 1. The van der Waals surface area contributed by atoms with Crippen LogP contribution in [0.15, 0.2) is 77.3 Å². The van der Waals surface area contributed by atoms with Crippen molar-refractivity contribution in [1.82, 2.24) is 10.2 Å². The number of nitrogens with one attached hydrogen (secondary N) is 1. The molecule has 4 aliphatic rings. The van der Waals surface area contributed by atoms with Gasteiger partial charge >= 0.3 is 5.97 Å². The van der Waals surface area contributed by atoms with Crippen molar-refractivity contribution in [3.05, 3.63) is 87.9 Å². The Morgan fingerprint density at radius 2 is 1.74 bits per heavy atom. The van der Waals surface area contributed by atoms with E-state index in [1.807, 2.05) is 42.5 Å². The molecule has 47 heavy (non-hydrogen) atoms. The van der Waals surface area contributed by atoms with Gasteiger partial charge in [-0.3, -0.25) is 19.2 Å². The topological polar surface area (TPSA) is 125 Å². The van der Waals surface area contributed by atoms with E-state index in [-0.39, 0.29) is 50.4 Å². The fourth-order valence-electron chi connectivity index (χ4n) is 7.09. The Balaban J connectivity index is 1.43. The van der Waals surface area contributed by atoms with Crippen LogP contribution in [0.4, 0.5) is 5.69 Å². The van der Waals surface area contributed by atoms with Gasteiger partial charge in [0.05, 0.1) is 12.5 Å². The number of ether oxygens (including phenoxy) is 2. The van der Waals surface area contributed by atoms with E-state index in [1.54, 1.807) is 40.1 Å². The summed E-state index contributed by atoms with van der Waals surface area (Å²) in [6, 6.07) is 14.9. The van der Waals surface area contributed by atoms with Crippen molar-refractivity contribution < 1.29 is 33.8 Å². The number of anilines is 1. The van der Waals surface area contributed by atoms with Gasteiger partial charge in [-0.15, -0.1) is 0 Å². The summed E-state index contributed by atoms with van der Waals surface area (Å²) in [6.45, 7) is 0.496. The summed E-state index contributed by atoms with van der Waals surface area (Å²) in [4.78, 5) is 59.4. The molecule has 4 aliphatic heterocycles. The minimum atomic E-state index is -1.42. The molecule has 2 fully saturated rings. The van der Waals surface area contributed by atoms with Crippen molar-refractivity contribution in [1.29, 1.82) is 0 Å². The summed E-state index contributed by atoms with van der Waals surface area (Å²) in [5, 5.41) is 12.8. The Labute approximate surface area is 286 Å². The van der Waals surface area contributed by atoms with Crippen LogP contribution >= 0.6 is 27.5 Å². The number of benzene rings is 2. The molecule has 6 atom stereocenters. The third-order valence-electron chi connectivity index (χ3n) is 9.30. The molecule has 0 aliphatic carbocycles. The number of rotatable bonds is 7. The lowest BCUT2D eigenvalue weighted by Crippen LogP contribution is -2.56. The van der Waals surface area contributed by atoms with Gasteiger partial charge in [0.2, 0.25) is 11.8 Å². The number of hydrogen-bond acceptors (Lipinski definition) is 7. The zero-order chi connectivity index (χ0) is 33.1. The Morgan fingerprint density at radius 3 is 2.49 bits per heavy atom. The van der Waals surface area contributed by atoms with E-state index in [4.69, 9.17) is 21.1 Å². The number of unbranched alkanes of at least 4 members (excludes halogenated alkanes) is 2. The predicted octanol–water partition coefficient (Wildman–Crippen LogP) is 4.46. The Bertz CT molecular complexity index is 1570. The van der Waals surface area contributed by atoms with E-state index in [2.05, 4.69) is 21.2 Å². The fourth-order valence-corrected chi connectivity index (χ4v) is 7.95. The average molecular weight is 727 g/mol. The number of allylic oxidation sites excluding steroid dienone is 1. The van der Waals surface area contributed by atoms with Gasteiger partial charge in [-0.2, -0.15) is 0 Å². The van der Waals surface area contributed by atoms with Gasteiger partial charge in [0.25, 0.3) is 5.91 Å². The van der Waals surface area contributed by atoms with E-state index in [0.29, 0.717) is 46.4 Å². The highest BCUT2D eigenvalue weighted by atomic mass is 79.9. The minimum absolute atomic E-state index is 0.0248. The first-order valence-electron chi connectivity index (χ1n) is 16.0. The molecule has 0 unspecified atom stereocenters. The van der Waals surface area contributed by atoms with E-state index < -0.39 is 41.7 Å². The van der Waals surface area contributed by atoms with E-state index in [9.17, 15) is 24.3 Å². The van der Waals surface area contributed by atoms with Crippen LogP contribution in [0.1, 0.15) is 43.8 Å². The third-order valence-corrected chi connectivity index (χ3v) is 10.2. The molecule has 2 N–H and O–H groups in total. The number of aliphatic hydroxyl groups is 1. The van der Waals surface area contributed by atoms with Gasteiger partial charge < -0.3 is 29.7 Å². The van der Waals surface area contributed by atoms with Crippen LogP contribution in [0.2, 0.25) is 5.02 Å². The third kappa shape index (κ3) is 6.50. The molecule has 6 rings (SSSR count). The van der Waals surface area contributed by atoms with Gasteiger partial charge in [-0.05, 0) is 61.6 Å². The molecular weight excluding hydrogens is 690 g/mol. The minimum Gasteiger partial charge on any atom is -0.455 e. The Kier molecular flexibility index (Phi) is 10.2. The number of esters is 1. The number of halogens is 2. The van der Waals surface area contributed by atoms with Crippen LogP contribution in [0, 0.1) is 11.8 Å². The molecule has 0 saturated carbocycles. The van der Waals surface area contributed by atoms with Crippen molar-refractivity contribution in [2.24, 2.45) is 11.8 Å². The number of fused-ring (bicyclic) bond motifs is 2. The summed E-state index contributed by atoms with van der Waals surface area (Å²) in [5.41, 5.74) is -0.149. The molecule has 10 nitrogen and oxygen atoms in total. The van der Waals surface area contributed by atoms with Gasteiger partial charge in [0.15, 0.2) is 0 Å². The van der Waals surface area contributed by atoms with E-state index in [0.717, 1.165) is 0 Å². The SMILES string of the molecule is O=C1CC/C=C\CN(c2ccc(Cl)cc2)C(=O)[C@H]2N(CCCCCO)C(=O)[C@@H]3[C@@H](C(=O)O[C@@H](c4ccccc4)CN1)[C@@H]1O[C@@]32C=C1Br. The van der Waals surface area contributed by atoms with E-state index >= 15 is 0 Å². The lowest BCUT2D eigenvalue weighted by Gasteiger charge is -2.36. The molecule has 5 bridgehead atoms. The summed E-state index contributed by atoms with van der Waals surface area (Å²) in [7, 11) is 0. The number of carbonyl (C=O) groups excluding carboxylic acids is 4. The molecule has 2 aromatic carbocycles. The van der Waals surface area contributed by atoms with Gasteiger partial charge in [-0.25, -0.2) is 0 Å². The average Bonchev–Trinajstić information content (AvgIpc) is 3.66. The van der Waals surface area contributed by atoms with Crippen LogP contribution in [0.5, 0.6) is 0 Å². The lowest BCUT2D eigenvalue weighted by atomic mass is 9.74. The van der Waals surface area contributed by atoms with Gasteiger partial charge in [0.1, 0.15) is 29.8 Å². The largest absolute Gasteiger partial charge is 0.455 e. The van der Waals surface area contributed by atoms with Gasteiger partial charge in [0, 0.05) is 41.3 Å². The predicted molar refractivity (Wildman–Crippen MR) is 178 cm³/mol. The van der Waals surface area contributed by atoms with Crippen molar-refractivity contribution in [2.45, 2.75) is 56.0 Å². The van der Waals surface area contributed by atoms with Crippen molar-refractivity contribution in [3.63, 3.8) is 0 Å². The highest BCUT2D eigenvalue weighted by Crippen LogP contribution is 2.59. The number of carbonyl (C=O) groups is 4. The molecule has 2 aromatic rings. The van der Waals surface area contributed by atoms with Crippen LogP contribution in [-0.2, 0) is 28.7 Å². The van der Waals surface area contributed by atoms with E-state index in [1.165, 1.54) is 0 Å². The second kappa shape index (κ2) is 14.3. The van der Waals surface area contributed by atoms with Crippen LogP contribution in [0.3, 0.4) is 0 Å². The first-order chi connectivity index (χ1) is 22.7. The first kappa shape index (κ1) is 33.4. The summed E-state index contributed by atoms with van der Waals surface area (Å²) >= 11 is 9.78. The maximum absolute atomic E-state index is 14.8. The normalized spacial score (nSPS) is 30.2. The summed E-state index contributed by atoms with van der Waals surface area (Å²) in [5.74, 6) is -3.60. The van der Waals surface area contributed by atoms with Crippen LogP contribution < -0.4 is 10.2 Å². The Hall–Kier alpha value is -3.51. The second-order valence-corrected chi connectivity index (χ2v) is 13.6.